The summed E-state index contributed by atoms with van der Waals surface area (Å²) in [5.41, 5.74) is 0.236. The highest BCUT2D eigenvalue weighted by Crippen LogP contribution is 2.33. The van der Waals surface area contributed by atoms with E-state index in [4.69, 9.17) is 9.47 Å². The second kappa shape index (κ2) is 4.53. The van der Waals surface area contributed by atoms with Crippen molar-refractivity contribution >= 4 is 11.8 Å². The highest BCUT2D eigenvalue weighted by Gasteiger charge is 2.36. The molecule has 1 atom stereocenters. The van der Waals surface area contributed by atoms with Crippen LogP contribution in [0.3, 0.4) is 0 Å². The number of benzene rings is 1. The highest BCUT2D eigenvalue weighted by atomic mass is 19.1. The van der Waals surface area contributed by atoms with Crippen molar-refractivity contribution in [2.24, 2.45) is 0 Å². The van der Waals surface area contributed by atoms with Gasteiger partial charge in [-0.3, -0.25) is 9.59 Å². The predicted molar refractivity (Wildman–Crippen MR) is 56.3 cm³/mol. The molecule has 1 aliphatic rings. The molecule has 1 aliphatic heterocycles. The fraction of sp³-hybridized carbons (Fsp3) is 0.333. The molecule has 4 nitrogen and oxygen atoms in total. The minimum absolute atomic E-state index is 0.175. The molecule has 0 N–H and O–H groups in total. The molecule has 1 unspecified atom stereocenters. The zero-order chi connectivity index (χ0) is 12.4. The van der Waals surface area contributed by atoms with Crippen molar-refractivity contribution in [1.29, 1.82) is 0 Å². The molecule has 1 aromatic rings. The van der Waals surface area contributed by atoms with Gasteiger partial charge in [0.1, 0.15) is 24.1 Å². The van der Waals surface area contributed by atoms with E-state index in [0.29, 0.717) is 5.75 Å². The van der Waals surface area contributed by atoms with Gasteiger partial charge in [0.15, 0.2) is 5.78 Å². The van der Waals surface area contributed by atoms with Gasteiger partial charge in [-0.1, -0.05) is 0 Å². The van der Waals surface area contributed by atoms with Crippen LogP contribution in [0.1, 0.15) is 18.4 Å². The summed E-state index contributed by atoms with van der Waals surface area (Å²) in [5, 5.41) is 0. The van der Waals surface area contributed by atoms with Crippen LogP contribution in [0.25, 0.3) is 0 Å². The van der Waals surface area contributed by atoms with Gasteiger partial charge in [0, 0.05) is 5.56 Å². The quantitative estimate of drug-likeness (QED) is 0.577. The Labute approximate surface area is 97.3 Å². The average molecular weight is 238 g/mol. The third-order valence-electron chi connectivity index (χ3n) is 2.50. The first-order valence-electron chi connectivity index (χ1n) is 5.25. The van der Waals surface area contributed by atoms with Crippen LogP contribution in [0.5, 0.6) is 5.75 Å². The number of halogens is 1. The molecule has 0 fully saturated rings. The summed E-state index contributed by atoms with van der Waals surface area (Å²) in [6, 6.07) is 3.76. The second-order valence-corrected chi connectivity index (χ2v) is 3.62. The number of rotatable bonds is 2. The molecule has 0 radical (unpaired) electrons. The molecule has 1 aromatic carbocycles. The lowest BCUT2D eigenvalue weighted by Gasteiger charge is -2.23. The monoisotopic (exact) mass is 238 g/mol. The standard InChI is InChI=1S/C12H11FO4/c1-2-16-12(15)11-8-5-7(13)3-4-10(8)17-6-9(11)14/h3-5,11H,2,6H2,1H3. The molecule has 0 saturated carbocycles. The van der Waals surface area contributed by atoms with Crippen molar-refractivity contribution in [3.8, 4) is 5.75 Å². The number of hydrogen-bond donors (Lipinski definition) is 0. The maximum atomic E-state index is 13.1. The van der Waals surface area contributed by atoms with Crippen LogP contribution in [0.15, 0.2) is 18.2 Å². The van der Waals surface area contributed by atoms with E-state index >= 15 is 0 Å². The van der Waals surface area contributed by atoms with E-state index in [2.05, 4.69) is 0 Å². The number of Topliss-reactive ketones (excluding diaryl/α,β-unsaturated/α-hetero) is 1. The van der Waals surface area contributed by atoms with Crippen LogP contribution >= 0.6 is 0 Å². The van der Waals surface area contributed by atoms with Crippen LogP contribution in [-0.4, -0.2) is 25.0 Å². The van der Waals surface area contributed by atoms with Crippen LogP contribution in [0, 0.1) is 5.82 Å². The molecule has 0 amide bonds. The van der Waals surface area contributed by atoms with Gasteiger partial charge in [-0.15, -0.1) is 0 Å². The number of hydrogen-bond acceptors (Lipinski definition) is 4. The van der Waals surface area contributed by atoms with Crippen molar-refractivity contribution in [2.75, 3.05) is 13.2 Å². The van der Waals surface area contributed by atoms with E-state index in [9.17, 15) is 14.0 Å². The van der Waals surface area contributed by atoms with E-state index < -0.39 is 23.5 Å². The lowest BCUT2D eigenvalue weighted by atomic mass is 9.92. The van der Waals surface area contributed by atoms with Crippen molar-refractivity contribution in [1.82, 2.24) is 0 Å². The summed E-state index contributed by atoms with van der Waals surface area (Å²) in [6.07, 6.45) is 0. The van der Waals surface area contributed by atoms with Gasteiger partial charge in [-0.25, -0.2) is 4.39 Å². The maximum absolute atomic E-state index is 13.1. The minimum Gasteiger partial charge on any atom is -0.485 e. The fourth-order valence-corrected chi connectivity index (χ4v) is 1.77. The van der Waals surface area contributed by atoms with E-state index in [0.717, 1.165) is 6.07 Å². The number of ether oxygens (including phenoxy) is 2. The Morgan fingerprint density at radius 2 is 2.35 bits per heavy atom. The Morgan fingerprint density at radius 1 is 1.59 bits per heavy atom. The third kappa shape index (κ3) is 2.13. The predicted octanol–water partition coefficient (Wildman–Crippen LogP) is 1.43. The minimum atomic E-state index is -1.07. The van der Waals surface area contributed by atoms with Crippen molar-refractivity contribution in [3.63, 3.8) is 0 Å². The summed E-state index contributed by atoms with van der Waals surface area (Å²) in [4.78, 5) is 23.3. The largest absolute Gasteiger partial charge is 0.485 e. The average Bonchev–Trinajstić information content (AvgIpc) is 2.28. The Balaban J connectivity index is 2.42. The number of esters is 1. The molecule has 1 heterocycles. The van der Waals surface area contributed by atoms with Crippen molar-refractivity contribution in [3.05, 3.63) is 29.6 Å². The van der Waals surface area contributed by atoms with Gasteiger partial charge < -0.3 is 9.47 Å². The Bertz CT molecular complexity index is 470. The van der Waals surface area contributed by atoms with Crippen molar-refractivity contribution in [2.45, 2.75) is 12.8 Å². The number of carbonyl (C=O) groups is 2. The third-order valence-corrected chi connectivity index (χ3v) is 2.50. The first-order chi connectivity index (χ1) is 8.13. The van der Waals surface area contributed by atoms with Gasteiger partial charge >= 0.3 is 5.97 Å². The summed E-state index contributed by atoms with van der Waals surface area (Å²) in [6.45, 7) is 1.63. The van der Waals surface area contributed by atoms with Crippen LogP contribution < -0.4 is 4.74 Å². The topological polar surface area (TPSA) is 52.6 Å². The van der Waals surface area contributed by atoms with Gasteiger partial charge in [0.2, 0.25) is 0 Å². The van der Waals surface area contributed by atoms with Gasteiger partial charge in [-0.05, 0) is 25.1 Å². The molecule has 2 rings (SSSR count). The summed E-state index contributed by atoms with van der Waals surface area (Å²) >= 11 is 0. The molecule has 0 aromatic heterocycles. The zero-order valence-corrected chi connectivity index (χ0v) is 9.23. The Hall–Kier alpha value is -1.91. The lowest BCUT2D eigenvalue weighted by Crippen LogP contribution is -2.32. The normalized spacial score (nSPS) is 18.2. The molecule has 0 aliphatic carbocycles. The maximum Gasteiger partial charge on any atom is 0.321 e. The molecular formula is C12H11FO4. The lowest BCUT2D eigenvalue weighted by molar-refractivity contribution is -0.149. The summed E-state index contributed by atoms with van der Waals surface area (Å²) in [5.74, 6) is -2.32. The summed E-state index contributed by atoms with van der Waals surface area (Å²) in [7, 11) is 0. The van der Waals surface area contributed by atoms with Crippen molar-refractivity contribution < 1.29 is 23.5 Å². The number of carbonyl (C=O) groups excluding carboxylic acids is 2. The molecule has 0 bridgehead atoms. The Kier molecular flexibility index (Phi) is 3.08. The second-order valence-electron chi connectivity index (χ2n) is 3.62. The first-order valence-corrected chi connectivity index (χ1v) is 5.25. The fourth-order valence-electron chi connectivity index (χ4n) is 1.77. The van der Waals surface area contributed by atoms with Crippen LogP contribution in [0.4, 0.5) is 4.39 Å². The summed E-state index contributed by atoms with van der Waals surface area (Å²) < 4.78 is 23.1. The zero-order valence-electron chi connectivity index (χ0n) is 9.23. The van der Waals surface area contributed by atoms with E-state index in [1.165, 1.54) is 12.1 Å². The number of fused-ring (bicyclic) bond motifs is 1. The molecule has 5 heteroatoms. The Morgan fingerprint density at radius 3 is 3.06 bits per heavy atom. The van der Waals surface area contributed by atoms with Crippen LogP contribution in [0.2, 0.25) is 0 Å². The molecule has 0 spiro atoms. The molecular weight excluding hydrogens is 227 g/mol. The smallest absolute Gasteiger partial charge is 0.321 e. The van der Waals surface area contributed by atoms with E-state index in [1.54, 1.807) is 6.92 Å². The SMILES string of the molecule is CCOC(=O)C1C(=O)COc2ccc(F)cc21. The van der Waals surface area contributed by atoms with E-state index in [-0.39, 0.29) is 18.8 Å². The highest BCUT2D eigenvalue weighted by molar-refractivity contribution is 6.06. The van der Waals surface area contributed by atoms with Gasteiger partial charge in [0.05, 0.1) is 6.61 Å². The van der Waals surface area contributed by atoms with Gasteiger partial charge in [-0.2, -0.15) is 0 Å². The first kappa shape index (κ1) is 11.6. The molecule has 17 heavy (non-hydrogen) atoms. The molecule has 0 saturated heterocycles. The van der Waals surface area contributed by atoms with Crippen LogP contribution in [-0.2, 0) is 14.3 Å². The van der Waals surface area contributed by atoms with E-state index in [1.807, 2.05) is 0 Å². The number of ketones is 1. The van der Waals surface area contributed by atoms with Gasteiger partial charge in [0.25, 0.3) is 0 Å². The molecule has 90 valence electrons.